The van der Waals surface area contributed by atoms with Crippen LogP contribution in [0.3, 0.4) is 0 Å². The average Bonchev–Trinajstić information content (AvgIpc) is 2.97. The molecule has 6 nitrogen and oxygen atoms in total. The standard InChI is InChI=1S/C11H7ClN4O2/c12-7-5-9(13-6-7)11(17)18-16-10-4-2-1-3-8(10)14-15-16/h1-6,13H. The molecule has 0 aliphatic heterocycles. The lowest BCUT2D eigenvalue weighted by atomic mass is 10.3. The van der Waals surface area contributed by atoms with Gasteiger partial charge in [0.2, 0.25) is 0 Å². The largest absolute Gasteiger partial charge is 0.381 e. The number of para-hydroxylation sites is 1. The minimum absolute atomic E-state index is 0.250. The molecule has 0 bridgehead atoms. The molecule has 18 heavy (non-hydrogen) atoms. The monoisotopic (exact) mass is 262 g/mol. The van der Waals surface area contributed by atoms with E-state index >= 15 is 0 Å². The van der Waals surface area contributed by atoms with Crippen LogP contribution in [0.25, 0.3) is 11.0 Å². The summed E-state index contributed by atoms with van der Waals surface area (Å²) in [5.41, 5.74) is 1.51. The lowest BCUT2D eigenvalue weighted by molar-refractivity contribution is 0.0403. The Bertz CT molecular complexity index is 718. The van der Waals surface area contributed by atoms with Gasteiger partial charge in [-0.2, -0.15) is 0 Å². The normalized spacial score (nSPS) is 10.7. The lowest BCUT2D eigenvalue weighted by Crippen LogP contribution is -2.21. The molecule has 0 spiro atoms. The SMILES string of the molecule is O=C(On1nnc2ccccc21)c1cc(Cl)c[nH]1. The molecule has 0 unspecified atom stereocenters. The fraction of sp³-hybridized carbons (Fsp3) is 0. The Balaban J connectivity index is 1.90. The van der Waals surface area contributed by atoms with Crippen LogP contribution < -0.4 is 4.84 Å². The quantitative estimate of drug-likeness (QED) is 0.713. The third kappa shape index (κ3) is 1.82. The first kappa shape index (κ1) is 10.8. The lowest BCUT2D eigenvalue weighted by Gasteiger charge is -2.00. The van der Waals surface area contributed by atoms with Crippen LogP contribution >= 0.6 is 11.6 Å². The highest BCUT2D eigenvalue weighted by Crippen LogP contribution is 2.11. The van der Waals surface area contributed by atoms with Gasteiger partial charge in [0, 0.05) is 6.20 Å². The smallest absolute Gasteiger partial charge is 0.354 e. The molecular formula is C11H7ClN4O2. The molecule has 0 aliphatic rings. The van der Waals surface area contributed by atoms with Crippen molar-refractivity contribution in [3.63, 3.8) is 0 Å². The summed E-state index contributed by atoms with van der Waals surface area (Å²) in [6.07, 6.45) is 1.50. The average molecular weight is 263 g/mol. The highest BCUT2D eigenvalue weighted by atomic mass is 35.5. The molecule has 0 saturated carbocycles. The number of hydrogen-bond acceptors (Lipinski definition) is 4. The van der Waals surface area contributed by atoms with E-state index in [1.54, 1.807) is 12.1 Å². The summed E-state index contributed by atoms with van der Waals surface area (Å²) >= 11 is 5.71. The summed E-state index contributed by atoms with van der Waals surface area (Å²) in [5, 5.41) is 8.05. The predicted molar refractivity (Wildman–Crippen MR) is 64.2 cm³/mol. The van der Waals surface area contributed by atoms with Crippen LogP contribution in [0.4, 0.5) is 0 Å². The van der Waals surface area contributed by atoms with Crippen molar-refractivity contribution in [1.82, 2.24) is 20.1 Å². The molecule has 3 aromatic rings. The van der Waals surface area contributed by atoms with Crippen molar-refractivity contribution in [3.8, 4) is 0 Å². The Morgan fingerprint density at radius 2 is 2.22 bits per heavy atom. The van der Waals surface area contributed by atoms with Gasteiger partial charge in [-0.25, -0.2) is 4.79 Å². The number of aromatic nitrogens is 4. The van der Waals surface area contributed by atoms with E-state index in [0.29, 0.717) is 16.1 Å². The van der Waals surface area contributed by atoms with Crippen LogP contribution in [-0.4, -0.2) is 26.1 Å². The highest BCUT2D eigenvalue weighted by Gasteiger charge is 2.13. The van der Waals surface area contributed by atoms with Gasteiger partial charge in [-0.1, -0.05) is 28.6 Å². The van der Waals surface area contributed by atoms with E-state index in [4.69, 9.17) is 16.4 Å². The third-order valence-corrected chi connectivity index (χ3v) is 2.58. The van der Waals surface area contributed by atoms with Crippen molar-refractivity contribution < 1.29 is 9.63 Å². The van der Waals surface area contributed by atoms with Gasteiger partial charge in [-0.15, -0.1) is 5.10 Å². The van der Waals surface area contributed by atoms with Crippen molar-refractivity contribution in [3.05, 3.63) is 47.2 Å². The summed E-state index contributed by atoms with van der Waals surface area (Å²) in [4.78, 5) is 20.6. The number of aromatic amines is 1. The first-order chi connectivity index (χ1) is 8.74. The van der Waals surface area contributed by atoms with Crippen LogP contribution in [-0.2, 0) is 0 Å². The number of benzene rings is 1. The van der Waals surface area contributed by atoms with E-state index in [1.165, 1.54) is 12.3 Å². The summed E-state index contributed by atoms with van der Waals surface area (Å²) in [5.74, 6) is -0.586. The van der Waals surface area contributed by atoms with Gasteiger partial charge in [0.25, 0.3) is 0 Å². The zero-order valence-corrected chi connectivity index (χ0v) is 9.76. The van der Waals surface area contributed by atoms with Gasteiger partial charge in [0.05, 0.1) is 5.02 Å². The van der Waals surface area contributed by atoms with Crippen molar-refractivity contribution in [1.29, 1.82) is 0 Å². The first-order valence-electron chi connectivity index (χ1n) is 5.11. The molecule has 1 N–H and O–H groups in total. The molecule has 0 radical (unpaired) electrons. The molecule has 1 aromatic carbocycles. The molecule has 2 heterocycles. The number of rotatable bonds is 2. The number of nitrogens with one attached hydrogen (secondary N) is 1. The number of H-pyrrole nitrogens is 1. The van der Waals surface area contributed by atoms with E-state index in [2.05, 4.69) is 15.3 Å². The highest BCUT2D eigenvalue weighted by molar-refractivity contribution is 6.30. The molecule has 0 aliphatic carbocycles. The van der Waals surface area contributed by atoms with Crippen LogP contribution in [0.5, 0.6) is 0 Å². The number of halogens is 1. The van der Waals surface area contributed by atoms with Crippen LogP contribution in [0.15, 0.2) is 36.5 Å². The Hall–Kier alpha value is -2.34. The Kier molecular flexibility index (Phi) is 2.49. The summed E-state index contributed by atoms with van der Waals surface area (Å²) < 4.78 is 0. The van der Waals surface area contributed by atoms with Crippen LogP contribution in [0.1, 0.15) is 10.5 Å². The summed E-state index contributed by atoms with van der Waals surface area (Å²) in [6, 6.07) is 8.64. The maximum Gasteiger partial charge on any atom is 0.381 e. The second kappa shape index (κ2) is 4.15. The third-order valence-electron chi connectivity index (χ3n) is 2.36. The number of carbonyl (C=O) groups excluding carboxylic acids is 1. The van der Waals surface area contributed by atoms with E-state index in [9.17, 15) is 4.79 Å². The van der Waals surface area contributed by atoms with E-state index < -0.39 is 5.97 Å². The van der Waals surface area contributed by atoms with Crippen molar-refractivity contribution >= 4 is 28.6 Å². The molecule has 90 valence electrons. The minimum Gasteiger partial charge on any atom is -0.354 e. The second-order valence-electron chi connectivity index (χ2n) is 3.56. The molecule has 0 fully saturated rings. The predicted octanol–water partition coefficient (Wildman–Crippen LogP) is 1.68. The molecule has 0 saturated heterocycles. The molecule has 7 heteroatoms. The number of hydrogen-bond donors (Lipinski definition) is 1. The Morgan fingerprint density at radius 1 is 1.39 bits per heavy atom. The van der Waals surface area contributed by atoms with Crippen molar-refractivity contribution in [2.24, 2.45) is 0 Å². The summed E-state index contributed by atoms with van der Waals surface area (Å²) in [7, 11) is 0. The van der Waals surface area contributed by atoms with Crippen molar-refractivity contribution in [2.45, 2.75) is 0 Å². The van der Waals surface area contributed by atoms with Crippen LogP contribution in [0.2, 0.25) is 5.02 Å². The Labute approximate surface area is 106 Å². The van der Waals surface area contributed by atoms with Gasteiger partial charge in [-0.3, -0.25) is 0 Å². The molecule has 3 rings (SSSR count). The molecule has 0 atom stereocenters. The van der Waals surface area contributed by atoms with E-state index in [-0.39, 0.29) is 5.69 Å². The number of fused-ring (bicyclic) bond motifs is 1. The molecule has 0 amide bonds. The second-order valence-corrected chi connectivity index (χ2v) is 4.00. The molecular weight excluding hydrogens is 256 g/mol. The fourth-order valence-electron chi connectivity index (χ4n) is 1.53. The zero-order chi connectivity index (χ0) is 12.5. The zero-order valence-electron chi connectivity index (χ0n) is 9.00. The Morgan fingerprint density at radius 3 is 3.00 bits per heavy atom. The van der Waals surface area contributed by atoms with Gasteiger partial charge in [0.15, 0.2) is 0 Å². The topological polar surface area (TPSA) is 72.8 Å². The van der Waals surface area contributed by atoms with Crippen molar-refractivity contribution in [2.75, 3.05) is 0 Å². The maximum absolute atomic E-state index is 11.8. The fourth-order valence-corrected chi connectivity index (χ4v) is 1.69. The van der Waals surface area contributed by atoms with Crippen LogP contribution in [0, 0.1) is 0 Å². The van der Waals surface area contributed by atoms with Gasteiger partial charge in [0.1, 0.15) is 16.7 Å². The first-order valence-corrected chi connectivity index (χ1v) is 5.49. The van der Waals surface area contributed by atoms with Gasteiger partial charge < -0.3 is 9.82 Å². The van der Waals surface area contributed by atoms with Gasteiger partial charge in [-0.05, 0) is 23.4 Å². The summed E-state index contributed by atoms with van der Waals surface area (Å²) in [6.45, 7) is 0. The number of nitrogens with zero attached hydrogens (tertiary/aromatic N) is 3. The van der Waals surface area contributed by atoms with E-state index in [0.717, 1.165) is 4.85 Å². The molecule has 2 aromatic heterocycles. The van der Waals surface area contributed by atoms with E-state index in [1.807, 2.05) is 12.1 Å². The number of carbonyl (C=O) groups is 1. The maximum atomic E-state index is 11.8. The van der Waals surface area contributed by atoms with Gasteiger partial charge >= 0.3 is 5.97 Å². The minimum atomic E-state index is -0.586.